The first-order chi connectivity index (χ1) is 10.7. The molecule has 0 bridgehead atoms. The summed E-state index contributed by atoms with van der Waals surface area (Å²) in [6.45, 7) is 1.48. The zero-order valence-electron chi connectivity index (χ0n) is 11.7. The van der Waals surface area contributed by atoms with Crippen molar-refractivity contribution < 1.29 is 4.74 Å². The van der Waals surface area contributed by atoms with Gasteiger partial charge in [-0.1, -0.05) is 29.3 Å². The lowest BCUT2D eigenvalue weighted by Gasteiger charge is -2.12. The Labute approximate surface area is 138 Å². The summed E-state index contributed by atoms with van der Waals surface area (Å²) < 4.78 is 5.54. The number of aromatic nitrogens is 3. The maximum absolute atomic E-state index is 6.12. The van der Waals surface area contributed by atoms with Gasteiger partial charge in [-0.05, 0) is 25.0 Å². The molecule has 1 fully saturated rings. The molecule has 0 saturated carbocycles. The van der Waals surface area contributed by atoms with Gasteiger partial charge in [-0.15, -0.1) is 5.10 Å². The van der Waals surface area contributed by atoms with Gasteiger partial charge in [0, 0.05) is 13.2 Å². The molecular weight excluding hydrogens is 325 g/mol. The summed E-state index contributed by atoms with van der Waals surface area (Å²) in [5, 5.41) is 15.1. The first-order valence-corrected chi connectivity index (χ1v) is 7.74. The van der Waals surface area contributed by atoms with Gasteiger partial charge in [0.1, 0.15) is 0 Å². The third-order valence-electron chi connectivity index (χ3n) is 3.29. The Balaban J connectivity index is 1.68. The second-order valence-corrected chi connectivity index (χ2v) is 5.72. The van der Waals surface area contributed by atoms with Crippen molar-refractivity contribution in [3.8, 4) is 0 Å². The molecule has 1 aliphatic rings. The Kier molecular flexibility index (Phi) is 4.92. The third-order valence-corrected chi connectivity index (χ3v) is 3.92. The average molecular weight is 340 g/mol. The van der Waals surface area contributed by atoms with E-state index in [9.17, 15) is 0 Å². The van der Waals surface area contributed by atoms with Crippen LogP contribution in [0.5, 0.6) is 0 Å². The van der Waals surface area contributed by atoms with E-state index in [1.54, 1.807) is 18.2 Å². The number of hydrogen-bond acceptors (Lipinski definition) is 6. The van der Waals surface area contributed by atoms with Crippen LogP contribution in [0.15, 0.2) is 24.4 Å². The highest BCUT2D eigenvalue weighted by molar-refractivity contribution is 6.39. The SMILES string of the molecule is Clc1cccc(Cl)c1Nc1cnnc(NCC2CCCO2)n1. The fourth-order valence-corrected chi connectivity index (χ4v) is 2.69. The molecule has 1 aliphatic heterocycles. The van der Waals surface area contributed by atoms with Crippen LogP contribution in [0.3, 0.4) is 0 Å². The van der Waals surface area contributed by atoms with Crippen molar-refractivity contribution in [1.82, 2.24) is 15.2 Å². The fraction of sp³-hybridized carbons (Fsp3) is 0.357. The lowest BCUT2D eigenvalue weighted by molar-refractivity contribution is 0.120. The zero-order chi connectivity index (χ0) is 15.4. The molecule has 6 nitrogen and oxygen atoms in total. The Bertz CT molecular complexity index is 629. The number of anilines is 3. The molecule has 0 amide bonds. The summed E-state index contributed by atoms with van der Waals surface area (Å²) in [4.78, 5) is 4.34. The van der Waals surface area contributed by atoms with E-state index in [1.807, 2.05) is 0 Å². The van der Waals surface area contributed by atoms with Gasteiger partial charge in [-0.2, -0.15) is 10.1 Å². The van der Waals surface area contributed by atoms with Gasteiger partial charge in [0.05, 0.1) is 28.0 Å². The predicted molar refractivity (Wildman–Crippen MR) is 87.0 cm³/mol. The Morgan fingerprint density at radius 1 is 1.27 bits per heavy atom. The second-order valence-electron chi connectivity index (χ2n) is 4.90. The smallest absolute Gasteiger partial charge is 0.244 e. The molecule has 1 unspecified atom stereocenters. The fourth-order valence-electron chi connectivity index (χ4n) is 2.19. The number of nitrogens with zero attached hydrogens (tertiary/aromatic N) is 3. The first-order valence-electron chi connectivity index (χ1n) is 6.98. The third kappa shape index (κ3) is 3.76. The number of benzene rings is 1. The minimum absolute atomic E-state index is 0.207. The minimum atomic E-state index is 0.207. The summed E-state index contributed by atoms with van der Waals surface area (Å²) >= 11 is 12.2. The quantitative estimate of drug-likeness (QED) is 0.868. The van der Waals surface area contributed by atoms with Gasteiger partial charge in [-0.25, -0.2) is 0 Å². The van der Waals surface area contributed by atoms with Crippen LogP contribution in [-0.4, -0.2) is 34.4 Å². The molecule has 2 N–H and O–H groups in total. The molecule has 0 radical (unpaired) electrons. The maximum Gasteiger partial charge on any atom is 0.244 e. The Hall–Kier alpha value is -1.63. The molecule has 1 aromatic heterocycles. The topological polar surface area (TPSA) is 72.0 Å². The van der Waals surface area contributed by atoms with E-state index in [1.165, 1.54) is 6.20 Å². The normalized spacial score (nSPS) is 17.5. The van der Waals surface area contributed by atoms with Crippen LogP contribution in [0, 0.1) is 0 Å². The van der Waals surface area contributed by atoms with Crippen LogP contribution in [0.2, 0.25) is 10.0 Å². The number of rotatable bonds is 5. The summed E-state index contributed by atoms with van der Waals surface area (Å²) in [7, 11) is 0. The molecule has 0 spiro atoms. The van der Waals surface area contributed by atoms with Crippen LogP contribution in [0.4, 0.5) is 17.5 Å². The largest absolute Gasteiger partial charge is 0.376 e. The van der Waals surface area contributed by atoms with Crippen molar-refractivity contribution in [2.45, 2.75) is 18.9 Å². The maximum atomic E-state index is 6.12. The number of halogens is 2. The molecular formula is C14H15Cl2N5O. The van der Waals surface area contributed by atoms with Crippen molar-refractivity contribution in [3.63, 3.8) is 0 Å². The van der Waals surface area contributed by atoms with E-state index in [0.29, 0.717) is 34.0 Å². The summed E-state index contributed by atoms with van der Waals surface area (Å²) in [5.41, 5.74) is 0.594. The summed E-state index contributed by atoms with van der Waals surface area (Å²) in [5.74, 6) is 0.948. The second kappa shape index (κ2) is 7.09. The lowest BCUT2D eigenvalue weighted by Crippen LogP contribution is -2.20. The molecule has 8 heteroatoms. The van der Waals surface area contributed by atoms with E-state index in [4.69, 9.17) is 27.9 Å². The zero-order valence-corrected chi connectivity index (χ0v) is 13.2. The van der Waals surface area contributed by atoms with Gasteiger partial charge in [0.15, 0.2) is 5.82 Å². The van der Waals surface area contributed by atoms with Crippen molar-refractivity contribution >= 4 is 40.7 Å². The average Bonchev–Trinajstić information content (AvgIpc) is 3.03. The van der Waals surface area contributed by atoms with Gasteiger partial charge in [0.2, 0.25) is 5.95 Å². The summed E-state index contributed by atoms with van der Waals surface area (Å²) in [6.07, 6.45) is 3.86. The van der Waals surface area contributed by atoms with E-state index in [2.05, 4.69) is 25.8 Å². The van der Waals surface area contributed by atoms with Crippen molar-refractivity contribution in [3.05, 3.63) is 34.4 Å². The van der Waals surface area contributed by atoms with E-state index in [0.717, 1.165) is 19.4 Å². The highest BCUT2D eigenvalue weighted by Gasteiger charge is 2.15. The molecule has 22 heavy (non-hydrogen) atoms. The van der Waals surface area contributed by atoms with Crippen LogP contribution in [0.1, 0.15) is 12.8 Å². The number of para-hydroxylation sites is 1. The van der Waals surface area contributed by atoms with Crippen molar-refractivity contribution in [1.29, 1.82) is 0 Å². The first kappa shape index (κ1) is 15.3. The van der Waals surface area contributed by atoms with Gasteiger partial charge in [-0.3, -0.25) is 0 Å². The molecule has 2 aromatic rings. The van der Waals surface area contributed by atoms with Gasteiger partial charge < -0.3 is 15.4 Å². The van der Waals surface area contributed by atoms with Crippen LogP contribution < -0.4 is 10.6 Å². The number of ether oxygens (including phenoxy) is 1. The molecule has 1 atom stereocenters. The van der Waals surface area contributed by atoms with Gasteiger partial charge in [0.25, 0.3) is 0 Å². The lowest BCUT2D eigenvalue weighted by atomic mass is 10.2. The van der Waals surface area contributed by atoms with E-state index < -0.39 is 0 Å². The van der Waals surface area contributed by atoms with E-state index >= 15 is 0 Å². The highest BCUT2D eigenvalue weighted by Crippen LogP contribution is 2.31. The van der Waals surface area contributed by atoms with Gasteiger partial charge >= 0.3 is 0 Å². The van der Waals surface area contributed by atoms with Crippen molar-refractivity contribution in [2.24, 2.45) is 0 Å². The molecule has 3 rings (SSSR count). The van der Waals surface area contributed by atoms with E-state index in [-0.39, 0.29) is 6.10 Å². The molecule has 2 heterocycles. The minimum Gasteiger partial charge on any atom is -0.376 e. The van der Waals surface area contributed by atoms with Crippen LogP contribution >= 0.6 is 23.2 Å². The molecule has 1 saturated heterocycles. The predicted octanol–water partition coefficient (Wildman–Crippen LogP) is 3.51. The highest BCUT2D eigenvalue weighted by atomic mass is 35.5. The molecule has 116 valence electrons. The monoisotopic (exact) mass is 339 g/mol. The summed E-state index contributed by atoms with van der Waals surface area (Å²) in [6, 6.07) is 5.28. The van der Waals surface area contributed by atoms with Crippen LogP contribution in [0.25, 0.3) is 0 Å². The molecule has 0 aliphatic carbocycles. The number of nitrogens with one attached hydrogen (secondary N) is 2. The number of hydrogen-bond donors (Lipinski definition) is 2. The van der Waals surface area contributed by atoms with Crippen LogP contribution in [-0.2, 0) is 4.74 Å². The Morgan fingerprint density at radius 3 is 2.82 bits per heavy atom. The Morgan fingerprint density at radius 2 is 2.09 bits per heavy atom. The molecule has 1 aromatic carbocycles. The van der Waals surface area contributed by atoms with Crippen molar-refractivity contribution in [2.75, 3.05) is 23.8 Å². The standard InChI is InChI=1S/C14H15Cl2N5O/c15-10-4-1-5-11(16)13(10)19-12-8-18-21-14(20-12)17-7-9-3-2-6-22-9/h1,4-5,8-9H,2-3,6-7H2,(H2,17,19,20,21).